The number of ether oxygens (including phenoxy) is 1. The molecular weight excluding hydrogens is 340 g/mol. The summed E-state index contributed by atoms with van der Waals surface area (Å²) in [6.07, 6.45) is 0. The first-order valence-electron chi connectivity index (χ1n) is 8.77. The normalized spacial score (nSPS) is 10.3. The quantitative estimate of drug-likeness (QED) is 0.616. The maximum absolute atomic E-state index is 11.7. The minimum Gasteiger partial charge on any atom is -0.462 e. The first kappa shape index (κ1) is 18.4. The summed E-state index contributed by atoms with van der Waals surface area (Å²) in [5.74, 6) is 0.853. The number of hydrogen-bond donors (Lipinski definition) is 2. The first-order valence-corrected chi connectivity index (χ1v) is 8.77. The van der Waals surface area contributed by atoms with Crippen molar-refractivity contribution in [2.75, 3.05) is 17.2 Å². The second-order valence-corrected chi connectivity index (χ2v) is 6.13. The van der Waals surface area contributed by atoms with Gasteiger partial charge in [-0.25, -0.2) is 9.78 Å². The number of hydrogen-bond acceptors (Lipinski definition) is 6. The van der Waals surface area contributed by atoms with Crippen LogP contribution in [0.4, 0.5) is 23.1 Å². The van der Waals surface area contributed by atoms with Gasteiger partial charge in [0.05, 0.1) is 12.2 Å². The Hall–Kier alpha value is -3.41. The van der Waals surface area contributed by atoms with E-state index >= 15 is 0 Å². The lowest BCUT2D eigenvalue weighted by atomic mass is 10.2. The molecule has 27 heavy (non-hydrogen) atoms. The Morgan fingerprint density at radius 1 is 0.926 bits per heavy atom. The minimum absolute atomic E-state index is 0.333. The molecule has 0 bridgehead atoms. The van der Waals surface area contributed by atoms with Crippen LogP contribution in [0.5, 0.6) is 0 Å². The van der Waals surface area contributed by atoms with Crippen molar-refractivity contribution in [2.45, 2.75) is 20.8 Å². The fourth-order valence-electron chi connectivity index (χ4n) is 2.51. The van der Waals surface area contributed by atoms with E-state index in [4.69, 9.17) is 4.74 Å². The van der Waals surface area contributed by atoms with Crippen LogP contribution in [0.15, 0.2) is 54.6 Å². The third-order valence-electron chi connectivity index (χ3n) is 3.83. The average Bonchev–Trinajstić information content (AvgIpc) is 2.64. The predicted octanol–water partition coefficient (Wildman–Crippen LogP) is 4.76. The number of nitrogens with zero attached hydrogens (tertiary/aromatic N) is 2. The predicted molar refractivity (Wildman–Crippen MR) is 107 cm³/mol. The van der Waals surface area contributed by atoms with E-state index in [1.807, 2.05) is 44.2 Å². The molecule has 0 aliphatic heterocycles. The van der Waals surface area contributed by atoms with Crippen LogP contribution >= 0.6 is 0 Å². The fraction of sp³-hybridized carbons (Fsp3) is 0.190. The summed E-state index contributed by atoms with van der Waals surface area (Å²) in [5, 5.41) is 6.45. The van der Waals surface area contributed by atoms with E-state index < -0.39 is 0 Å². The number of esters is 1. The highest BCUT2D eigenvalue weighted by atomic mass is 16.5. The Morgan fingerprint density at radius 2 is 1.56 bits per heavy atom. The molecule has 1 heterocycles. The fourth-order valence-corrected chi connectivity index (χ4v) is 2.51. The molecule has 0 unspecified atom stereocenters. The maximum atomic E-state index is 11.7. The smallest absolute Gasteiger partial charge is 0.338 e. The van der Waals surface area contributed by atoms with Crippen LogP contribution in [-0.4, -0.2) is 22.5 Å². The SMILES string of the molecule is CCOC(=O)c1ccc(Nc2nc(C)cc(Nc3ccc(C)cc3)n2)cc1. The summed E-state index contributed by atoms with van der Waals surface area (Å²) < 4.78 is 4.99. The van der Waals surface area contributed by atoms with E-state index in [-0.39, 0.29) is 5.97 Å². The summed E-state index contributed by atoms with van der Waals surface area (Å²) in [5.41, 5.74) is 4.30. The summed E-state index contributed by atoms with van der Waals surface area (Å²) in [6, 6.07) is 17.0. The van der Waals surface area contributed by atoms with E-state index in [9.17, 15) is 4.79 Å². The molecule has 2 N–H and O–H groups in total. The van der Waals surface area contributed by atoms with Gasteiger partial charge in [0.2, 0.25) is 5.95 Å². The third kappa shape index (κ3) is 5.04. The summed E-state index contributed by atoms with van der Waals surface area (Å²) in [7, 11) is 0. The molecule has 0 spiro atoms. The van der Waals surface area contributed by atoms with Gasteiger partial charge in [0.1, 0.15) is 5.82 Å². The molecule has 2 aromatic carbocycles. The Kier molecular flexibility index (Phi) is 5.66. The highest BCUT2D eigenvalue weighted by Crippen LogP contribution is 2.20. The van der Waals surface area contributed by atoms with Crippen LogP contribution in [-0.2, 0) is 4.74 Å². The van der Waals surface area contributed by atoms with Crippen LogP contribution < -0.4 is 10.6 Å². The Bertz CT molecular complexity index is 922. The molecule has 0 atom stereocenters. The van der Waals surface area contributed by atoms with Crippen LogP contribution in [0.3, 0.4) is 0 Å². The van der Waals surface area contributed by atoms with Crippen LogP contribution in [0.1, 0.15) is 28.5 Å². The van der Waals surface area contributed by atoms with Gasteiger partial charge in [-0.15, -0.1) is 0 Å². The van der Waals surface area contributed by atoms with Gasteiger partial charge in [-0.1, -0.05) is 17.7 Å². The lowest BCUT2D eigenvalue weighted by molar-refractivity contribution is 0.0526. The Balaban J connectivity index is 1.74. The van der Waals surface area contributed by atoms with Crippen LogP contribution in [0, 0.1) is 13.8 Å². The minimum atomic E-state index is -0.333. The molecule has 138 valence electrons. The maximum Gasteiger partial charge on any atom is 0.338 e. The lowest BCUT2D eigenvalue weighted by Gasteiger charge is -2.10. The lowest BCUT2D eigenvalue weighted by Crippen LogP contribution is -2.05. The molecule has 0 radical (unpaired) electrons. The van der Waals surface area contributed by atoms with Gasteiger partial charge >= 0.3 is 5.97 Å². The highest BCUT2D eigenvalue weighted by molar-refractivity contribution is 5.89. The van der Waals surface area contributed by atoms with Crippen molar-refractivity contribution >= 4 is 29.1 Å². The number of carbonyl (C=O) groups is 1. The van der Waals surface area contributed by atoms with Gasteiger partial charge in [-0.2, -0.15) is 4.98 Å². The van der Waals surface area contributed by atoms with Gasteiger partial charge in [-0.3, -0.25) is 0 Å². The zero-order valence-corrected chi connectivity index (χ0v) is 15.6. The van der Waals surface area contributed by atoms with Crippen molar-refractivity contribution in [1.82, 2.24) is 9.97 Å². The number of benzene rings is 2. The van der Waals surface area contributed by atoms with Crippen molar-refractivity contribution < 1.29 is 9.53 Å². The van der Waals surface area contributed by atoms with Crippen molar-refractivity contribution in [3.05, 3.63) is 71.4 Å². The molecule has 0 amide bonds. The molecule has 0 aliphatic carbocycles. The third-order valence-corrected chi connectivity index (χ3v) is 3.83. The first-order chi connectivity index (χ1) is 13.0. The molecule has 6 nitrogen and oxygen atoms in total. The van der Waals surface area contributed by atoms with Gasteiger partial charge in [-0.05, 0) is 57.2 Å². The summed E-state index contributed by atoms with van der Waals surface area (Å²) in [4.78, 5) is 20.6. The van der Waals surface area contributed by atoms with E-state index in [1.54, 1.807) is 31.2 Å². The number of carbonyl (C=O) groups excluding carboxylic acids is 1. The van der Waals surface area contributed by atoms with Gasteiger partial charge in [0.15, 0.2) is 0 Å². The zero-order valence-electron chi connectivity index (χ0n) is 15.6. The highest BCUT2D eigenvalue weighted by Gasteiger charge is 2.07. The summed E-state index contributed by atoms with van der Waals surface area (Å²) in [6.45, 7) is 6.10. The molecule has 0 fully saturated rings. The Labute approximate surface area is 158 Å². The van der Waals surface area contributed by atoms with Crippen LogP contribution in [0.25, 0.3) is 0 Å². The van der Waals surface area contributed by atoms with Crippen molar-refractivity contribution in [1.29, 1.82) is 0 Å². The van der Waals surface area contributed by atoms with E-state index in [1.165, 1.54) is 5.56 Å². The van der Waals surface area contributed by atoms with E-state index in [0.717, 1.165) is 17.1 Å². The number of anilines is 4. The monoisotopic (exact) mass is 362 g/mol. The average molecular weight is 362 g/mol. The second-order valence-electron chi connectivity index (χ2n) is 6.13. The number of aromatic nitrogens is 2. The topological polar surface area (TPSA) is 76.1 Å². The number of rotatable bonds is 6. The van der Waals surface area contributed by atoms with Crippen molar-refractivity contribution in [2.24, 2.45) is 0 Å². The largest absolute Gasteiger partial charge is 0.462 e. The molecule has 0 saturated carbocycles. The van der Waals surface area contributed by atoms with Gasteiger partial charge in [0.25, 0.3) is 0 Å². The molecule has 1 aromatic heterocycles. The molecule has 6 heteroatoms. The standard InChI is InChI=1S/C21H22N4O2/c1-4-27-20(26)16-7-11-18(12-8-16)24-21-22-15(3)13-19(25-21)23-17-9-5-14(2)6-10-17/h5-13H,4H2,1-3H3,(H2,22,23,24,25). The Morgan fingerprint density at radius 3 is 2.22 bits per heavy atom. The van der Waals surface area contributed by atoms with Crippen molar-refractivity contribution in [3.8, 4) is 0 Å². The second kappa shape index (κ2) is 8.31. The van der Waals surface area contributed by atoms with Gasteiger partial charge in [0, 0.05) is 23.1 Å². The molecule has 0 saturated heterocycles. The van der Waals surface area contributed by atoms with E-state index in [2.05, 4.69) is 20.6 Å². The van der Waals surface area contributed by atoms with E-state index in [0.29, 0.717) is 23.9 Å². The summed E-state index contributed by atoms with van der Waals surface area (Å²) >= 11 is 0. The molecule has 3 aromatic rings. The molecule has 0 aliphatic rings. The van der Waals surface area contributed by atoms with Crippen molar-refractivity contribution in [3.63, 3.8) is 0 Å². The zero-order chi connectivity index (χ0) is 19.2. The number of nitrogens with one attached hydrogen (secondary N) is 2. The molecule has 3 rings (SSSR count). The van der Waals surface area contributed by atoms with Crippen LogP contribution in [0.2, 0.25) is 0 Å². The van der Waals surface area contributed by atoms with Gasteiger partial charge < -0.3 is 15.4 Å². The molecular formula is C21H22N4O2. The number of aryl methyl sites for hydroxylation is 2.